The second kappa shape index (κ2) is 6.59. The minimum absolute atomic E-state index is 0.192. The van der Waals surface area contributed by atoms with Crippen LogP contribution in [-0.4, -0.2) is 45.3 Å². The van der Waals surface area contributed by atoms with Gasteiger partial charge in [-0.1, -0.05) is 6.92 Å². The number of aromatic nitrogens is 2. The first-order valence-electron chi connectivity index (χ1n) is 6.78. The molecule has 1 aromatic heterocycles. The molecule has 0 spiro atoms. The van der Waals surface area contributed by atoms with Crippen molar-refractivity contribution in [1.82, 2.24) is 14.7 Å². The van der Waals surface area contributed by atoms with Crippen molar-refractivity contribution in [1.29, 1.82) is 0 Å². The quantitative estimate of drug-likeness (QED) is 0.902. The third-order valence-electron chi connectivity index (χ3n) is 3.59. The van der Waals surface area contributed by atoms with Crippen LogP contribution in [0.15, 0.2) is 12.4 Å². The predicted molar refractivity (Wildman–Crippen MR) is 77.7 cm³/mol. The Morgan fingerprint density at radius 3 is 2.94 bits per heavy atom. The smallest absolute Gasteiger partial charge is 0.0538 e. The van der Waals surface area contributed by atoms with Gasteiger partial charge in [-0.15, -0.1) is 0 Å². The summed E-state index contributed by atoms with van der Waals surface area (Å²) in [5.41, 5.74) is 7.62. The molecule has 2 heterocycles. The van der Waals surface area contributed by atoms with Crippen LogP contribution >= 0.6 is 11.8 Å². The molecule has 2 unspecified atom stereocenters. The van der Waals surface area contributed by atoms with Gasteiger partial charge in [0.2, 0.25) is 0 Å². The zero-order valence-corrected chi connectivity index (χ0v) is 12.2. The van der Waals surface area contributed by atoms with Crippen LogP contribution in [0.1, 0.15) is 31.4 Å². The molecule has 1 fully saturated rings. The number of aryl methyl sites for hydroxylation is 1. The molecule has 0 aliphatic carbocycles. The second-order valence-electron chi connectivity index (χ2n) is 4.97. The number of rotatable bonds is 4. The van der Waals surface area contributed by atoms with E-state index >= 15 is 0 Å². The van der Waals surface area contributed by atoms with Gasteiger partial charge < -0.3 is 5.73 Å². The van der Waals surface area contributed by atoms with E-state index in [4.69, 9.17) is 5.73 Å². The lowest BCUT2D eigenvalue weighted by molar-refractivity contribution is 0.182. The number of nitrogens with two attached hydrogens (primary N) is 1. The Kier molecular flexibility index (Phi) is 5.09. The largest absolute Gasteiger partial charge is 0.326 e. The summed E-state index contributed by atoms with van der Waals surface area (Å²) in [6.07, 6.45) is 6.34. The predicted octanol–water partition coefficient (Wildman–Crippen LogP) is 1.64. The van der Waals surface area contributed by atoms with Crippen LogP contribution in [0.5, 0.6) is 0 Å². The molecule has 0 saturated carbocycles. The Bertz CT molecular complexity index is 358. The molecular formula is C13H24N4S. The van der Waals surface area contributed by atoms with E-state index in [0.717, 1.165) is 19.5 Å². The van der Waals surface area contributed by atoms with Crippen LogP contribution < -0.4 is 5.73 Å². The lowest BCUT2D eigenvalue weighted by Gasteiger charge is -2.33. The Morgan fingerprint density at radius 1 is 1.44 bits per heavy atom. The fourth-order valence-electron chi connectivity index (χ4n) is 2.59. The standard InChI is InChI=1S/C13H24N4S/c1-3-12(14)13(11-9-15-16(2)10-11)17-5-4-7-18-8-6-17/h9-10,12-13H,3-8,14H2,1-2H3. The SMILES string of the molecule is CCC(N)C(c1cnn(C)c1)N1CCCSCC1. The number of hydrogen-bond acceptors (Lipinski definition) is 4. The maximum atomic E-state index is 6.35. The van der Waals surface area contributed by atoms with Crippen molar-refractivity contribution in [2.75, 3.05) is 24.6 Å². The highest BCUT2D eigenvalue weighted by atomic mass is 32.2. The van der Waals surface area contributed by atoms with Gasteiger partial charge in [-0.25, -0.2) is 0 Å². The molecule has 18 heavy (non-hydrogen) atoms. The van der Waals surface area contributed by atoms with Gasteiger partial charge in [-0.05, 0) is 25.1 Å². The minimum Gasteiger partial charge on any atom is -0.326 e. The third kappa shape index (κ3) is 3.28. The Balaban J connectivity index is 2.18. The first-order chi connectivity index (χ1) is 8.72. The van der Waals surface area contributed by atoms with Gasteiger partial charge in [0.05, 0.1) is 12.2 Å². The molecule has 0 aromatic carbocycles. The van der Waals surface area contributed by atoms with Crippen molar-refractivity contribution in [3.05, 3.63) is 18.0 Å². The molecule has 1 aliphatic rings. The van der Waals surface area contributed by atoms with Gasteiger partial charge in [-0.3, -0.25) is 9.58 Å². The second-order valence-corrected chi connectivity index (χ2v) is 6.19. The van der Waals surface area contributed by atoms with Crippen LogP contribution in [0.2, 0.25) is 0 Å². The van der Waals surface area contributed by atoms with Gasteiger partial charge >= 0.3 is 0 Å². The molecule has 2 N–H and O–H groups in total. The third-order valence-corrected chi connectivity index (χ3v) is 4.64. The summed E-state index contributed by atoms with van der Waals surface area (Å²) in [5, 5.41) is 4.30. The zero-order chi connectivity index (χ0) is 13.0. The monoisotopic (exact) mass is 268 g/mol. The van der Waals surface area contributed by atoms with E-state index < -0.39 is 0 Å². The average molecular weight is 268 g/mol. The van der Waals surface area contributed by atoms with E-state index in [9.17, 15) is 0 Å². The number of thioether (sulfide) groups is 1. The Labute approximate surface area is 114 Å². The maximum Gasteiger partial charge on any atom is 0.0538 e. The van der Waals surface area contributed by atoms with E-state index in [0.29, 0.717) is 6.04 Å². The van der Waals surface area contributed by atoms with Gasteiger partial charge in [-0.2, -0.15) is 16.9 Å². The highest BCUT2D eigenvalue weighted by molar-refractivity contribution is 7.99. The summed E-state index contributed by atoms with van der Waals surface area (Å²) >= 11 is 2.05. The van der Waals surface area contributed by atoms with Crippen LogP contribution in [0.3, 0.4) is 0 Å². The van der Waals surface area contributed by atoms with Gasteiger partial charge in [0.15, 0.2) is 0 Å². The zero-order valence-electron chi connectivity index (χ0n) is 11.4. The van der Waals surface area contributed by atoms with E-state index in [1.807, 2.05) is 17.9 Å². The van der Waals surface area contributed by atoms with Crippen LogP contribution in [0.25, 0.3) is 0 Å². The molecule has 0 amide bonds. The molecule has 2 rings (SSSR count). The van der Waals surface area contributed by atoms with Crippen molar-refractivity contribution in [3.8, 4) is 0 Å². The average Bonchev–Trinajstić information content (AvgIpc) is 2.64. The molecule has 1 aliphatic heterocycles. The molecule has 5 heteroatoms. The first-order valence-corrected chi connectivity index (χ1v) is 7.93. The molecule has 1 saturated heterocycles. The van der Waals surface area contributed by atoms with Crippen LogP contribution in [0, 0.1) is 0 Å². The van der Waals surface area contributed by atoms with Gasteiger partial charge in [0.25, 0.3) is 0 Å². The lowest BCUT2D eigenvalue weighted by Crippen LogP contribution is -2.41. The van der Waals surface area contributed by atoms with E-state index in [2.05, 4.69) is 34.9 Å². The molecular weight excluding hydrogens is 244 g/mol. The van der Waals surface area contributed by atoms with Crippen molar-refractivity contribution in [2.45, 2.75) is 31.8 Å². The normalized spacial score (nSPS) is 21.5. The lowest BCUT2D eigenvalue weighted by atomic mass is 9.99. The molecule has 2 atom stereocenters. The summed E-state index contributed by atoms with van der Waals surface area (Å²) in [6, 6.07) is 0.514. The molecule has 4 nitrogen and oxygen atoms in total. The number of hydrogen-bond donors (Lipinski definition) is 1. The number of nitrogens with zero attached hydrogens (tertiary/aromatic N) is 3. The van der Waals surface area contributed by atoms with Crippen LogP contribution in [0.4, 0.5) is 0 Å². The van der Waals surface area contributed by atoms with Crippen molar-refractivity contribution >= 4 is 11.8 Å². The summed E-state index contributed by atoms with van der Waals surface area (Å²) in [6.45, 7) is 4.46. The van der Waals surface area contributed by atoms with E-state index in [-0.39, 0.29) is 6.04 Å². The van der Waals surface area contributed by atoms with E-state index in [1.165, 1.54) is 23.5 Å². The minimum atomic E-state index is 0.192. The summed E-state index contributed by atoms with van der Waals surface area (Å²) in [7, 11) is 1.97. The van der Waals surface area contributed by atoms with Crippen LogP contribution in [-0.2, 0) is 7.05 Å². The van der Waals surface area contributed by atoms with E-state index in [1.54, 1.807) is 0 Å². The molecule has 0 radical (unpaired) electrons. The Hall–Kier alpha value is -0.520. The fourth-order valence-corrected chi connectivity index (χ4v) is 3.49. The highest BCUT2D eigenvalue weighted by Gasteiger charge is 2.27. The van der Waals surface area contributed by atoms with Gasteiger partial charge in [0.1, 0.15) is 0 Å². The summed E-state index contributed by atoms with van der Waals surface area (Å²) < 4.78 is 1.87. The molecule has 1 aromatic rings. The molecule has 102 valence electrons. The first kappa shape index (κ1) is 13.9. The van der Waals surface area contributed by atoms with Crippen molar-refractivity contribution in [2.24, 2.45) is 12.8 Å². The topological polar surface area (TPSA) is 47.1 Å². The Morgan fingerprint density at radius 2 is 2.28 bits per heavy atom. The molecule has 0 bridgehead atoms. The summed E-state index contributed by atoms with van der Waals surface area (Å²) in [5.74, 6) is 2.49. The summed E-state index contributed by atoms with van der Waals surface area (Å²) in [4.78, 5) is 2.55. The van der Waals surface area contributed by atoms with Crippen molar-refractivity contribution < 1.29 is 0 Å². The van der Waals surface area contributed by atoms with Gasteiger partial charge in [0, 0.05) is 37.1 Å². The van der Waals surface area contributed by atoms with Crippen molar-refractivity contribution in [3.63, 3.8) is 0 Å². The maximum absolute atomic E-state index is 6.35. The fraction of sp³-hybridized carbons (Fsp3) is 0.769. The highest BCUT2D eigenvalue weighted by Crippen LogP contribution is 2.27.